The lowest BCUT2D eigenvalue weighted by molar-refractivity contribution is 0.146. The predicted octanol–water partition coefficient (Wildman–Crippen LogP) is 0.730. The van der Waals surface area contributed by atoms with E-state index >= 15 is 0 Å². The van der Waals surface area contributed by atoms with Crippen molar-refractivity contribution in [2.75, 3.05) is 19.6 Å². The molecule has 2 atom stereocenters. The van der Waals surface area contributed by atoms with Crippen LogP contribution in [0.15, 0.2) is 24.4 Å². The fraction of sp³-hybridized carbons (Fsp3) is 0.429. The van der Waals surface area contributed by atoms with Crippen molar-refractivity contribution < 1.29 is 9.50 Å². The molecule has 0 aliphatic carbocycles. The Morgan fingerprint density at radius 3 is 3.05 bits per heavy atom. The van der Waals surface area contributed by atoms with Crippen LogP contribution in [0.4, 0.5) is 4.39 Å². The number of hydrogen-bond acceptors (Lipinski definition) is 5. The molecule has 2 unspecified atom stereocenters. The number of rotatable bonds is 5. The van der Waals surface area contributed by atoms with Gasteiger partial charge in [0.25, 0.3) is 0 Å². The Labute approximate surface area is 132 Å². The topological polar surface area (TPSA) is 75.0 Å². The Hall–Kier alpha value is -1.54. The summed E-state index contributed by atoms with van der Waals surface area (Å²) in [5, 5.41) is 24.2. The van der Waals surface area contributed by atoms with Crippen LogP contribution in [0.1, 0.15) is 5.69 Å². The highest BCUT2D eigenvalue weighted by Gasteiger charge is 2.24. The highest BCUT2D eigenvalue weighted by molar-refractivity contribution is 6.30. The zero-order valence-corrected chi connectivity index (χ0v) is 12.6. The van der Waals surface area contributed by atoms with Crippen LogP contribution in [0.2, 0.25) is 5.02 Å². The molecule has 8 heteroatoms. The Morgan fingerprint density at radius 2 is 2.32 bits per heavy atom. The molecule has 2 heterocycles. The van der Waals surface area contributed by atoms with Crippen molar-refractivity contribution in [3.8, 4) is 5.69 Å². The number of aliphatic hydroxyl groups is 1. The summed E-state index contributed by atoms with van der Waals surface area (Å²) in [5.74, 6) is -0.248. The number of benzene rings is 1. The van der Waals surface area contributed by atoms with Gasteiger partial charge in [0.15, 0.2) is 0 Å². The summed E-state index contributed by atoms with van der Waals surface area (Å²) in [7, 11) is 0. The molecule has 0 bridgehead atoms. The molecule has 118 valence electrons. The average molecular weight is 326 g/mol. The third kappa shape index (κ3) is 3.44. The number of hydrogen-bond donors (Lipinski definition) is 3. The highest BCUT2D eigenvalue weighted by atomic mass is 35.5. The Bertz CT molecular complexity index is 650. The molecule has 1 fully saturated rings. The number of β-amino-alcohol motifs (C(OH)–C–C–N with tert-alkyl or cyclic N) is 1. The van der Waals surface area contributed by atoms with Crippen molar-refractivity contribution >= 4 is 11.6 Å². The number of halogens is 2. The van der Waals surface area contributed by atoms with E-state index in [0.717, 1.165) is 12.2 Å². The molecule has 0 amide bonds. The third-order valence-corrected chi connectivity index (χ3v) is 4.02. The summed E-state index contributed by atoms with van der Waals surface area (Å²) in [6.45, 7) is 2.73. The van der Waals surface area contributed by atoms with Gasteiger partial charge in [0.05, 0.1) is 28.7 Å². The minimum Gasteiger partial charge on any atom is -0.391 e. The van der Waals surface area contributed by atoms with E-state index in [4.69, 9.17) is 11.6 Å². The van der Waals surface area contributed by atoms with Gasteiger partial charge in [-0.3, -0.25) is 0 Å². The van der Waals surface area contributed by atoms with Crippen molar-refractivity contribution in [1.29, 1.82) is 0 Å². The van der Waals surface area contributed by atoms with E-state index in [1.807, 2.05) is 0 Å². The van der Waals surface area contributed by atoms with Crippen LogP contribution >= 0.6 is 11.6 Å². The summed E-state index contributed by atoms with van der Waals surface area (Å²) in [5.41, 5.74) is 1.42. The lowest BCUT2D eigenvalue weighted by Crippen LogP contribution is -2.30. The average Bonchev–Trinajstić information content (AvgIpc) is 3.12. The standard InChI is InChI=1S/C14H17ClFN5O/c15-12-3-11(1-2-13(12)16)21-8-10(19-20-21)6-17-4-9-5-18-7-14(9)22/h1-3,8-9,14,17-18,22H,4-7H2. The molecule has 2 aromatic rings. The van der Waals surface area contributed by atoms with Gasteiger partial charge in [-0.1, -0.05) is 16.8 Å². The first-order valence-electron chi connectivity index (χ1n) is 7.09. The lowest BCUT2D eigenvalue weighted by atomic mass is 10.1. The van der Waals surface area contributed by atoms with E-state index in [-0.39, 0.29) is 17.0 Å². The van der Waals surface area contributed by atoms with Gasteiger partial charge in [-0.15, -0.1) is 5.10 Å². The molecule has 1 aliphatic heterocycles. The highest BCUT2D eigenvalue weighted by Crippen LogP contribution is 2.18. The van der Waals surface area contributed by atoms with Crippen LogP contribution in [0.25, 0.3) is 5.69 Å². The van der Waals surface area contributed by atoms with Crippen molar-refractivity contribution in [2.24, 2.45) is 5.92 Å². The molecule has 0 saturated carbocycles. The van der Waals surface area contributed by atoms with Gasteiger partial charge in [0.1, 0.15) is 5.82 Å². The molecule has 1 saturated heterocycles. The van der Waals surface area contributed by atoms with Gasteiger partial charge >= 0.3 is 0 Å². The summed E-state index contributed by atoms with van der Waals surface area (Å²) >= 11 is 5.76. The Kier molecular flexibility index (Phi) is 4.68. The lowest BCUT2D eigenvalue weighted by Gasteiger charge is -2.13. The fourth-order valence-electron chi connectivity index (χ4n) is 2.45. The van der Waals surface area contributed by atoms with Crippen molar-refractivity contribution in [3.63, 3.8) is 0 Å². The van der Waals surface area contributed by atoms with Gasteiger partial charge in [-0.2, -0.15) is 0 Å². The van der Waals surface area contributed by atoms with Crippen LogP contribution < -0.4 is 10.6 Å². The molecule has 0 spiro atoms. The molecule has 1 aromatic heterocycles. The molecule has 3 rings (SSSR count). The maximum absolute atomic E-state index is 13.2. The smallest absolute Gasteiger partial charge is 0.141 e. The minimum absolute atomic E-state index is 0.0513. The zero-order valence-electron chi connectivity index (χ0n) is 11.8. The SMILES string of the molecule is OC1CNCC1CNCc1cn(-c2ccc(F)c(Cl)c2)nn1. The normalized spacial score (nSPS) is 21.4. The first-order valence-corrected chi connectivity index (χ1v) is 7.47. The van der Waals surface area contributed by atoms with E-state index in [0.29, 0.717) is 25.3 Å². The second-order valence-corrected chi connectivity index (χ2v) is 5.78. The van der Waals surface area contributed by atoms with E-state index < -0.39 is 5.82 Å². The fourth-order valence-corrected chi connectivity index (χ4v) is 2.62. The zero-order chi connectivity index (χ0) is 15.5. The van der Waals surface area contributed by atoms with Gasteiger partial charge in [-0.25, -0.2) is 9.07 Å². The number of nitrogens with zero attached hydrogens (tertiary/aromatic N) is 3. The monoisotopic (exact) mass is 325 g/mol. The molecule has 22 heavy (non-hydrogen) atoms. The van der Waals surface area contributed by atoms with Crippen LogP contribution in [0, 0.1) is 11.7 Å². The van der Waals surface area contributed by atoms with Crippen LogP contribution in [-0.2, 0) is 6.54 Å². The summed E-state index contributed by atoms with van der Waals surface area (Å²) in [6.07, 6.45) is 1.46. The number of nitrogens with one attached hydrogen (secondary N) is 2. The second-order valence-electron chi connectivity index (χ2n) is 5.37. The van der Waals surface area contributed by atoms with Crippen LogP contribution in [0.5, 0.6) is 0 Å². The van der Waals surface area contributed by atoms with E-state index in [1.165, 1.54) is 12.1 Å². The third-order valence-electron chi connectivity index (χ3n) is 3.73. The Balaban J connectivity index is 1.57. The van der Waals surface area contributed by atoms with Gasteiger partial charge in [-0.05, 0) is 18.2 Å². The van der Waals surface area contributed by atoms with Crippen molar-refractivity contribution in [3.05, 3.63) is 40.9 Å². The quantitative estimate of drug-likeness (QED) is 0.755. The Morgan fingerprint density at radius 1 is 1.45 bits per heavy atom. The summed E-state index contributed by atoms with van der Waals surface area (Å²) in [6, 6.07) is 4.39. The molecule has 0 radical (unpaired) electrons. The molecule has 1 aromatic carbocycles. The molecule has 3 N–H and O–H groups in total. The molecule has 1 aliphatic rings. The molecule has 6 nitrogen and oxygen atoms in total. The van der Waals surface area contributed by atoms with E-state index in [9.17, 15) is 9.50 Å². The summed E-state index contributed by atoms with van der Waals surface area (Å²) in [4.78, 5) is 0. The van der Waals surface area contributed by atoms with Gasteiger partial charge < -0.3 is 15.7 Å². The largest absolute Gasteiger partial charge is 0.391 e. The van der Waals surface area contributed by atoms with Crippen molar-refractivity contribution in [1.82, 2.24) is 25.6 Å². The first-order chi connectivity index (χ1) is 10.6. The van der Waals surface area contributed by atoms with E-state index in [2.05, 4.69) is 20.9 Å². The van der Waals surface area contributed by atoms with Crippen LogP contribution in [0.3, 0.4) is 0 Å². The molecular formula is C14H17ClFN5O. The van der Waals surface area contributed by atoms with E-state index in [1.54, 1.807) is 16.9 Å². The van der Waals surface area contributed by atoms with Crippen LogP contribution in [-0.4, -0.2) is 45.8 Å². The minimum atomic E-state index is -0.462. The molecular weight excluding hydrogens is 309 g/mol. The van der Waals surface area contributed by atoms with Crippen molar-refractivity contribution in [2.45, 2.75) is 12.6 Å². The van der Waals surface area contributed by atoms with Gasteiger partial charge in [0.2, 0.25) is 0 Å². The maximum Gasteiger partial charge on any atom is 0.141 e. The predicted molar refractivity (Wildman–Crippen MR) is 80.4 cm³/mol. The summed E-state index contributed by atoms with van der Waals surface area (Å²) < 4.78 is 14.7. The van der Waals surface area contributed by atoms with Gasteiger partial charge in [0, 0.05) is 32.1 Å². The number of aliphatic hydroxyl groups excluding tert-OH is 1. The second kappa shape index (κ2) is 6.70. The number of aromatic nitrogens is 3. The first kappa shape index (κ1) is 15.4. The maximum atomic E-state index is 13.2.